The second-order valence-electron chi connectivity index (χ2n) is 9.74. The second kappa shape index (κ2) is 10.1. The summed E-state index contributed by atoms with van der Waals surface area (Å²) >= 11 is 0. The number of anilines is 1. The van der Waals surface area contributed by atoms with Crippen LogP contribution in [0, 0.1) is 18.7 Å². The maximum absolute atomic E-state index is 13.7. The van der Waals surface area contributed by atoms with E-state index in [1.807, 2.05) is 61.2 Å². The van der Waals surface area contributed by atoms with Crippen LogP contribution in [0.25, 0.3) is 0 Å². The molecule has 6 heteroatoms. The van der Waals surface area contributed by atoms with Crippen molar-refractivity contribution in [2.24, 2.45) is 5.92 Å². The lowest BCUT2D eigenvalue weighted by atomic mass is 9.87. The molecule has 3 aromatic carbocycles. The van der Waals surface area contributed by atoms with E-state index < -0.39 is 6.10 Å². The highest BCUT2D eigenvalue weighted by Crippen LogP contribution is 2.41. The molecule has 0 unspecified atom stereocenters. The Labute approximate surface area is 211 Å². The molecule has 1 aliphatic carbocycles. The predicted molar refractivity (Wildman–Crippen MR) is 137 cm³/mol. The molecule has 2 aliphatic rings. The molecule has 5 nitrogen and oxygen atoms in total. The molecule has 1 heterocycles. The average Bonchev–Trinajstić information content (AvgIpc) is 3.74. The third kappa shape index (κ3) is 5.13. The number of carbonyl (C=O) groups excluding carboxylic acids is 2. The Morgan fingerprint density at radius 2 is 1.78 bits per heavy atom. The summed E-state index contributed by atoms with van der Waals surface area (Å²) in [5, 5.41) is 2.93. The first-order chi connectivity index (χ1) is 17.4. The van der Waals surface area contributed by atoms with Gasteiger partial charge < -0.3 is 15.0 Å². The number of fused-ring (bicyclic) bond motifs is 1. The number of rotatable bonds is 7. The van der Waals surface area contributed by atoms with E-state index in [4.69, 9.17) is 4.74 Å². The molecular weight excluding hydrogens is 455 g/mol. The molecule has 1 saturated carbocycles. The van der Waals surface area contributed by atoms with Crippen molar-refractivity contribution in [2.45, 2.75) is 51.7 Å². The van der Waals surface area contributed by atoms with Crippen LogP contribution in [-0.4, -0.2) is 29.4 Å². The van der Waals surface area contributed by atoms with Gasteiger partial charge in [-0.2, -0.15) is 0 Å². The van der Waals surface area contributed by atoms with E-state index >= 15 is 0 Å². The Hall–Kier alpha value is -3.67. The Morgan fingerprint density at radius 3 is 2.44 bits per heavy atom. The predicted octanol–water partition coefficient (Wildman–Crippen LogP) is 5.81. The fourth-order valence-corrected chi connectivity index (χ4v) is 4.82. The van der Waals surface area contributed by atoms with Gasteiger partial charge in [0.1, 0.15) is 11.6 Å². The fraction of sp³-hybridized carbons (Fsp3) is 0.333. The molecule has 36 heavy (non-hydrogen) atoms. The van der Waals surface area contributed by atoms with Crippen molar-refractivity contribution in [3.63, 3.8) is 0 Å². The van der Waals surface area contributed by atoms with Crippen molar-refractivity contribution in [1.82, 2.24) is 4.90 Å². The van der Waals surface area contributed by atoms with Gasteiger partial charge in [-0.05, 0) is 85.7 Å². The molecule has 1 fully saturated rings. The van der Waals surface area contributed by atoms with Gasteiger partial charge in [0.05, 0.1) is 6.04 Å². The first kappa shape index (κ1) is 24.0. The van der Waals surface area contributed by atoms with Gasteiger partial charge in [0.25, 0.3) is 5.91 Å². The van der Waals surface area contributed by atoms with Crippen LogP contribution in [0.5, 0.6) is 5.75 Å². The Morgan fingerprint density at radius 1 is 1.06 bits per heavy atom. The Balaban J connectivity index is 1.42. The molecule has 0 saturated heterocycles. The lowest BCUT2D eigenvalue weighted by molar-refractivity contribution is -0.134. The SMILES string of the molecule is CC[C@@H](Oc1ccc2c(c1)[C@H](c1ccc(F)cc1)N(C(=O)C1CC1)CC2)C(=O)Nc1ccc(C)cc1. The molecular formula is C30H31FN2O3. The van der Waals surface area contributed by atoms with Gasteiger partial charge in [0, 0.05) is 18.2 Å². The summed E-state index contributed by atoms with van der Waals surface area (Å²) < 4.78 is 19.9. The zero-order valence-electron chi connectivity index (χ0n) is 20.7. The van der Waals surface area contributed by atoms with Gasteiger partial charge in [-0.1, -0.05) is 42.8 Å². The fourth-order valence-electron chi connectivity index (χ4n) is 4.82. The molecule has 3 aromatic rings. The molecule has 0 spiro atoms. The largest absolute Gasteiger partial charge is 0.481 e. The summed E-state index contributed by atoms with van der Waals surface area (Å²) in [4.78, 5) is 28.0. The summed E-state index contributed by atoms with van der Waals surface area (Å²) in [5.74, 6) is 0.304. The molecule has 1 aliphatic heterocycles. The van der Waals surface area contributed by atoms with Crippen molar-refractivity contribution in [2.75, 3.05) is 11.9 Å². The molecule has 1 N–H and O–H groups in total. The number of hydrogen-bond donors (Lipinski definition) is 1. The van der Waals surface area contributed by atoms with Crippen molar-refractivity contribution in [3.8, 4) is 5.75 Å². The lowest BCUT2D eigenvalue weighted by Gasteiger charge is -2.38. The number of amides is 2. The quantitative estimate of drug-likeness (QED) is 0.458. The Bertz CT molecular complexity index is 1250. The van der Waals surface area contributed by atoms with Gasteiger partial charge in [0.15, 0.2) is 6.10 Å². The van der Waals surface area contributed by atoms with Crippen LogP contribution in [0.3, 0.4) is 0 Å². The summed E-state index contributed by atoms with van der Waals surface area (Å²) in [6.07, 6.45) is 2.44. The van der Waals surface area contributed by atoms with E-state index in [2.05, 4.69) is 5.32 Å². The van der Waals surface area contributed by atoms with Crippen LogP contribution in [0.1, 0.15) is 54.5 Å². The maximum Gasteiger partial charge on any atom is 0.265 e. The van der Waals surface area contributed by atoms with Crippen molar-refractivity contribution < 1.29 is 18.7 Å². The van der Waals surface area contributed by atoms with Crippen molar-refractivity contribution in [1.29, 1.82) is 0 Å². The van der Waals surface area contributed by atoms with Crippen LogP contribution in [0.15, 0.2) is 66.7 Å². The van der Waals surface area contributed by atoms with E-state index in [-0.39, 0.29) is 29.6 Å². The highest BCUT2D eigenvalue weighted by Gasteiger charge is 2.39. The third-order valence-corrected chi connectivity index (χ3v) is 7.00. The Kier molecular flexibility index (Phi) is 6.77. The van der Waals surface area contributed by atoms with Gasteiger partial charge in [-0.15, -0.1) is 0 Å². The number of benzene rings is 3. The summed E-state index contributed by atoms with van der Waals surface area (Å²) in [7, 11) is 0. The maximum atomic E-state index is 13.7. The minimum atomic E-state index is -0.665. The van der Waals surface area contributed by atoms with Gasteiger partial charge >= 0.3 is 0 Å². The highest BCUT2D eigenvalue weighted by molar-refractivity contribution is 5.94. The van der Waals surface area contributed by atoms with E-state index in [0.717, 1.165) is 47.2 Å². The molecule has 186 valence electrons. The van der Waals surface area contributed by atoms with Crippen LogP contribution in [0.4, 0.5) is 10.1 Å². The number of halogens is 1. The van der Waals surface area contributed by atoms with Crippen LogP contribution in [0.2, 0.25) is 0 Å². The zero-order valence-corrected chi connectivity index (χ0v) is 20.7. The van der Waals surface area contributed by atoms with Gasteiger partial charge in [-0.3, -0.25) is 9.59 Å². The summed E-state index contributed by atoms with van der Waals surface area (Å²) in [5.41, 5.74) is 4.81. The number of aryl methyl sites for hydroxylation is 1. The van der Waals surface area contributed by atoms with Crippen LogP contribution >= 0.6 is 0 Å². The molecule has 0 bridgehead atoms. The van der Waals surface area contributed by atoms with Gasteiger partial charge in [0.2, 0.25) is 5.91 Å². The lowest BCUT2D eigenvalue weighted by Crippen LogP contribution is -2.41. The first-order valence-electron chi connectivity index (χ1n) is 12.7. The summed E-state index contributed by atoms with van der Waals surface area (Å²) in [6, 6.07) is 19.6. The molecule has 0 aromatic heterocycles. The topological polar surface area (TPSA) is 58.6 Å². The van der Waals surface area contributed by atoms with E-state index in [1.54, 1.807) is 12.1 Å². The molecule has 5 rings (SSSR count). The van der Waals surface area contributed by atoms with Crippen molar-refractivity contribution >= 4 is 17.5 Å². The standard InChI is InChI=1S/C30H31FN2O3/c1-3-27(29(34)32-24-13-4-19(2)5-14-24)36-25-15-10-20-16-17-33(30(35)22-6-7-22)28(26(20)18-25)21-8-11-23(31)12-9-21/h4-5,8-15,18,22,27-28H,3,6-7,16-17H2,1-2H3,(H,32,34)/t27-,28+/m1/s1. The zero-order chi connectivity index (χ0) is 25.2. The third-order valence-electron chi connectivity index (χ3n) is 7.00. The first-order valence-corrected chi connectivity index (χ1v) is 12.7. The van der Waals surface area contributed by atoms with E-state index in [9.17, 15) is 14.0 Å². The molecule has 0 radical (unpaired) electrons. The van der Waals surface area contributed by atoms with Crippen LogP contribution in [-0.2, 0) is 16.0 Å². The molecule has 2 atom stereocenters. The monoisotopic (exact) mass is 486 g/mol. The normalized spacial score (nSPS) is 17.8. The van der Waals surface area contributed by atoms with E-state index in [1.165, 1.54) is 12.1 Å². The van der Waals surface area contributed by atoms with Crippen molar-refractivity contribution in [3.05, 3.63) is 94.8 Å². The molecule has 2 amide bonds. The van der Waals surface area contributed by atoms with E-state index in [0.29, 0.717) is 18.7 Å². The second-order valence-corrected chi connectivity index (χ2v) is 9.74. The minimum absolute atomic E-state index is 0.0869. The number of nitrogens with zero attached hydrogens (tertiary/aromatic N) is 1. The smallest absolute Gasteiger partial charge is 0.265 e. The van der Waals surface area contributed by atoms with Gasteiger partial charge in [-0.25, -0.2) is 4.39 Å². The highest BCUT2D eigenvalue weighted by atomic mass is 19.1. The number of nitrogens with one attached hydrogen (secondary N) is 1. The summed E-state index contributed by atoms with van der Waals surface area (Å²) in [6.45, 7) is 4.54. The average molecular weight is 487 g/mol. The number of hydrogen-bond acceptors (Lipinski definition) is 3. The van der Waals surface area contributed by atoms with Crippen LogP contribution < -0.4 is 10.1 Å². The minimum Gasteiger partial charge on any atom is -0.481 e. The number of carbonyl (C=O) groups is 2. The number of ether oxygens (including phenoxy) is 1.